The predicted molar refractivity (Wildman–Crippen MR) is 77.4 cm³/mol. The van der Waals surface area contributed by atoms with Crippen molar-refractivity contribution in [3.8, 4) is 0 Å². The van der Waals surface area contributed by atoms with E-state index in [2.05, 4.69) is 15.6 Å². The van der Waals surface area contributed by atoms with E-state index in [1.165, 1.54) is 0 Å². The molecule has 5 heteroatoms. The van der Waals surface area contributed by atoms with Gasteiger partial charge in [0.1, 0.15) is 5.82 Å². The molecule has 0 saturated heterocycles. The first-order valence-corrected chi connectivity index (χ1v) is 6.17. The van der Waals surface area contributed by atoms with Crippen LogP contribution in [0, 0.1) is 13.8 Å². The van der Waals surface area contributed by atoms with E-state index in [1.807, 2.05) is 19.1 Å². The maximum absolute atomic E-state index is 11.8. The molecule has 0 aliphatic rings. The predicted octanol–water partition coefficient (Wildman–Crippen LogP) is 2.28. The summed E-state index contributed by atoms with van der Waals surface area (Å²) in [7, 11) is 0. The first-order chi connectivity index (χ1) is 9.56. The van der Waals surface area contributed by atoms with Crippen LogP contribution in [-0.2, 0) is 9.59 Å². The number of hydrogen-bond donors (Lipinski definition) is 2. The van der Waals surface area contributed by atoms with Crippen LogP contribution in [0.1, 0.15) is 11.1 Å². The minimum atomic E-state index is -0.742. The molecule has 2 amide bonds. The summed E-state index contributed by atoms with van der Waals surface area (Å²) in [6, 6.07) is 10.8. The van der Waals surface area contributed by atoms with E-state index < -0.39 is 11.8 Å². The number of aryl methyl sites for hydroxylation is 2. The quantitative estimate of drug-likeness (QED) is 0.822. The maximum Gasteiger partial charge on any atom is 0.315 e. The van der Waals surface area contributed by atoms with Gasteiger partial charge in [-0.15, -0.1) is 0 Å². The average molecular weight is 269 g/mol. The second kappa shape index (κ2) is 5.97. The number of hydrogen-bond acceptors (Lipinski definition) is 3. The SMILES string of the molecule is Cc1cccc(NC(=O)C(=O)Nc2ncccc2C)c1. The average Bonchev–Trinajstić information content (AvgIpc) is 2.41. The molecule has 0 spiro atoms. The zero-order valence-electron chi connectivity index (χ0n) is 11.3. The van der Waals surface area contributed by atoms with Crippen LogP contribution in [0.4, 0.5) is 11.5 Å². The Kier molecular flexibility index (Phi) is 4.10. The lowest BCUT2D eigenvalue weighted by atomic mass is 10.2. The molecule has 0 bridgehead atoms. The van der Waals surface area contributed by atoms with Crippen LogP contribution in [0.2, 0.25) is 0 Å². The van der Waals surface area contributed by atoms with Gasteiger partial charge in [-0.3, -0.25) is 9.59 Å². The van der Waals surface area contributed by atoms with Crippen molar-refractivity contribution in [2.75, 3.05) is 10.6 Å². The molecule has 1 aromatic heterocycles. The molecule has 0 aliphatic heterocycles. The first kappa shape index (κ1) is 13.7. The number of nitrogens with zero attached hydrogens (tertiary/aromatic N) is 1. The lowest BCUT2D eigenvalue weighted by Gasteiger charge is -2.08. The van der Waals surface area contributed by atoms with Gasteiger partial charge in [-0.2, -0.15) is 0 Å². The summed E-state index contributed by atoms with van der Waals surface area (Å²) >= 11 is 0. The van der Waals surface area contributed by atoms with Gasteiger partial charge in [0.05, 0.1) is 0 Å². The highest BCUT2D eigenvalue weighted by Crippen LogP contribution is 2.11. The largest absolute Gasteiger partial charge is 0.318 e. The Morgan fingerprint density at radius 2 is 1.75 bits per heavy atom. The van der Waals surface area contributed by atoms with E-state index in [4.69, 9.17) is 0 Å². The van der Waals surface area contributed by atoms with Gasteiger partial charge < -0.3 is 10.6 Å². The van der Waals surface area contributed by atoms with Crippen molar-refractivity contribution in [3.05, 3.63) is 53.7 Å². The number of benzene rings is 1. The highest BCUT2D eigenvalue weighted by molar-refractivity contribution is 6.43. The number of rotatable bonds is 2. The molecule has 0 radical (unpaired) electrons. The highest BCUT2D eigenvalue weighted by Gasteiger charge is 2.15. The Bertz CT molecular complexity index is 653. The Morgan fingerprint density at radius 1 is 1.00 bits per heavy atom. The second-order valence-electron chi connectivity index (χ2n) is 4.45. The van der Waals surface area contributed by atoms with E-state index >= 15 is 0 Å². The highest BCUT2D eigenvalue weighted by atomic mass is 16.2. The summed E-state index contributed by atoms with van der Waals surface area (Å²) in [6.07, 6.45) is 1.56. The second-order valence-corrected chi connectivity index (χ2v) is 4.45. The van der Waals surface area contributed by atoms with Crippen molar-refractivity contribution >= 4 is 23.3 Å². The molecular weight excluding hydrogens is 254 g/mol. The minimum Gasteiger partial charge on any atom is -0.318 e. The molecule has 1 heterocycles. The van der Waals surface area contributed by atoms with Crippen LogP contribution in [0.5, 0.6) is 0 Å². The topological polar surface area (TPSA) is 71.1 Å². The lowest BCUT2D eigenvalue weighted by Crippen LogP contribution is -2.29. The summed E-state index contributed by atoms with van der Waals surface area (Å²) in [5, 5.41) is 5.03. The first-order valence-electron chi connectivity index (χ1n) is 6.17. The summed E-state index contributed by atoms with van der Waals surface area (Å²) in [4.78, 5) is 27.6. The number of nitrogens with one attached hydrogen (secondary N) is 2. The van der Waals surface area contributed by atoms with Gasteiger partial charge in [0, 0.05) is 11.9 Å². The molecule has 102 valence electrons. The van der Waals surface area contributed by atoms with Gasteiger partial charge in [0.2, 0.25) is 0 Å². The smallest absolute Gasteiger partial charge is 0.315 e. The van der Waals surface area contributed by atoms with Gasteiger partial charge >= 0.3 is 11.8 Å². The Labute approximate surface area is 117 Å². The van der Waals surface area contributed by atoms with E-state index in [0.29, 0.717) is 11.5 Å². The number of anilines is 2. The molecule has 5 nitrogen and oxygen atoms in total. The molecule has 0 atom stereocenters. The van der Waals surface area contributed by atoms with Crippen molar-refractivity contribution in [1.82, 2.24) is 4.98 Å². The monoisotopic (exact) mass is 269 g/mol. The van der Waals surface area contributed by atoms with Gasteiger partial charge in [0.25, 0.3) is 0 Å². The third kappa shape index (κ3) is 3.41. The zero-order chi connectivity index (χ0) is 14.5. The van der Waals surface area contributed by atoms with Crippen molar-refractivity contribution in [3.63, 3.8) is 0 Å². The van der Waals surface area contributed by atoms with Crippen molar-refractivity contribution in [2.45, 2.75) is 13.8 Å². The number of amides is 2. The Hall–Kier alpha value is -2.69. The van der Waals surface area contributed by atoms with Crippen molar-refractivity contribution in [2.24, 2.45) is 0 Å². The molecular formula is C15H15N3O2. The van der Waals surface area contributed by atoms with Crippen LogP contribution in [0.15, 0.2) is 42.6 Å². The van der Waals surface area contributed by atoms with Crippen molar-refractivity contribution < 1.29 is 9.59 Å². The van der Waals surface area contributed by atoms with Crippen LogP contribution in [0.3, 0.4) is 0 Å². The molecule has 2 rings (SSSR count). The molecule has 1 aromatic carbocycles. The maximum atomic E-state index is 11.8. The Morgan fingerprint density at radius 3 is 2.45 bits per heavy atom. The van der Waals surface area contributed by atoms with Crippen LogP contribution < -0.4 is 10.6 Å². The fraction of sp³-hybridized carbons (Fsp3) is 0.133. The van der Waals surface area contributed by atoms with Crippen molar-refractivity contribution in [1.29, 1.82) is 0 Å². The summed E-state index contributed by atoms with van der Waals surface area (Å²) < 4.78 is 0. The Balaban J connectivity index is 2.03. The molecule has 0 unspecified atom stereocenters. The minimum absolute atomic E-state index is 0.386. The van der Waals surface area contributed by atoms with Crippen LogP contribution in [-0.4, -0.2) is 16.8 Å². The fourth-order valence-corrected chi connectivity index (χ4v) is 1.69. The summed E-state index contributed by atoms with van der Waals surface area (Å²) in [5.74, 6) is -1.08. The number of pyridine rings is 1. The number of aromatic nitrogens is 1. The fourth-order valence-electron chi connectivity index (χ4n) is 1.69. The third-order valence-electron chi connectivity index (χ3n) is 2.72. The van der Waals surface area contributed by atoms with E-state index in [9.17, 15) is 9.59 Å². The van der Waals surface area contributed by atoms with Crippen LogP contribution >= 0.6 is 0 Å². The number of carbonyl (C=O) groups is 2. The third-order valence-corrected chi connectivity index (χ3v) is 2.72. The van der Waals surface area contributed by atoms with E-state index in [1.54, 1.807) is 37.4 Å². The van der Waals surface area contributed by atoms with Gasteiger partial charge in [-0.05, 0) is 43.2 Å². The molecule has 0 aliphatic carbocycles. The number of carbonyl (C=O) groups excluding carboxylic acids is 2. The van der Waals surface area contributed by atoms with E-state index in [-0.39, 0.29) is 0 Å². The molecule has 2 N–H and O–H groups in total. The summed E-state index contributed by atoms with van der Waals surface area (Å²) in [5.41, 5.74) is 2.39. The summed E-state index contributed by atoms with van der Waals surface area (Å²) in [6.45, 7) is 3.72. The molecule has 0 fully saturated rings. The van der Waals surface area contributed by atoms with E-state index in [0.717, 1.165) is 11.1 Å². The molecule has 2 aromatic rings. The normalized spacial score (nSPS) is 9.90. The van der Waals surface area contributed by atoms with Gasteiger partial charge in [-0.1, -0.05) is 18.2 Å². The molecule has 20 heavy (non-hydrogen) atoms. The van der Waals surface area contributed by atoms with Crippen LogP contribution in [0.25, 0.3) is 0 Å². The zero-order valence-corrected chi connectivity index (χ0v) is 11.3. The van der Waals surface area contributed by atoms with Gasteiger partial charge in [0.15, 0.2) is 0 Å². The van der Waals surface area contributed by atoms with Gasteiger partial charge in [-0.25, -0.2) is 4.98 Å². The molecule has 0 saturated carbocycles. The lowest BCUT2D eigenvalue weighted by molar-refractivity contribution is -0.133. The standard InChI is InChI=1S/C15H15N3O2/c1-10-5-3-7-12(9-10)17-14(19)15(20)18-13-11(2)6-4-8-16-13/h3-9H,1-2H3,(H,17,19)(H,16,18,20).